The molecule has 4 nitrogen and oxygen atoms in total. The Bertz CT molecular complexity index is 786. The summed E-state index contributed by atoms with van der Waals surface area (Å²) in [5.41, 5.74) is 3.43. The van der Waals surface area contributed by atoms with Gasteiger partial charge in [-0.05, 0) is 24.6 Å². The molecule has 3 rings (SSSR count). The molecule has 0 spiro atoms. The molecular weight excluding hydrogens is 255 g/mol. The van der Waals surface area contributed by atoms with Gasteiger partial charge in [-0.15, -0.1) is 0 Å². The molecule has 2 heterocycles. The number of nitrogens with zero attached hydrogens (tertiary/aromatic N) is 3. The van der Waals surface area contributed by atoms with E-state index in [1.807, 2.05) is 12.1 Å². The predicted octanol–water partition coefficient (Wildman–Crippen LogP) is 3.18. The van der Waals surface area contributed by atoms with Gasteiger partial charge in [-0.2, -0.15) is 0 Å². The third kappa shape index (κ3) is 2.07. The number of nitrogens with one attached hydrogen (secondary N) is 1. The van der Waals surface area contributed by atoms with E-state index in [2.05, 4.69) is 20.3 Å². The fraction of sp³-hybridized carbons (Fsp3) is 0.133. The van der Waals surface area contributed by atoms with Crippen LogP contribution in [0.5, 0.6) is 0 Å². The fourth-order valence-corrected chi connectivity index (χ4v) is 2.05. The van der Waals surface area contributed by atoms with E-state index >= 15 is 0 Å². The van der Waals surface area contributed by atoms with Crippen LogP contribution in [0.1, 0.15) is 5.56 Å². The number of hydrogen-bond donors (Lipinski definition) is 1. The first kappa shape index (κ1) is 12.5. The Morgan fingerprint density at radius 2 is 1.90 bits per heavy atom. The lowest BCUT2D eigenvalue weighted by Gasteiger charge is -2.08. The van der Waals surface area contributed by atoms with Crippen molar-refractivity contribution in [1.82, 2.24) is 15.0 Å². The highest BCUT2D eigenvalue weighted by Gasteiger charge is 2.09. The van der Waals surface area contributed by atoms with Crippen LogP contribution in [0.15, 0.2) is 36.7 Å². The average molecular weight is 268 g/mol. The lowest BCUT2D eigenvalue weighted by atomic mass is 10.1. The number of fused-ring (bicyclic) bond motifs is 1. The van der Waals surface area contributed by atoms with Crippen LogP contribution in [0.3, 0.4) is 0 Å². The van der Waals surface area contributed by atoms with Gasteiger partial charge < -0.3 is 5.32 Å². The maximum absolute atomic E-state index is 13.7. The summed E-state index contributed by atoms with van der Waals surface area (Å²) in [6.45, 7) is 1.73. The molecule has 0 unspecified atom stereocenters. The number of hydrogen-bond acceptors (Lipinski definition) is 4. The molecule has 100 valence electrons. The zero-order valence-electron chi connectivity index (χ0n) is 11.2. The van der Waals surface area contributed by atoms with Gasteiger partial charge in [-0.3, -0.25) is 4.98 Å². The van der Waals surface area contributed by atoms with E-state index in [4.69, 9.17) is 0 Å². The molecule has 20 heavy (non-hydrogen) atoms. The quantitative estimate of drug-likeness (QED) is 0.775. The van der Waals surface area contributed by atoms with Crippen LogP contribution in [0.2, 0.25) is 0 Å². The number of pyridine rings is 1. The third-order valence-corrected chi connectivity index (χ3v) is 3.16. The van der Waals surface area contributed by atoms with E-state index in [1.165, 1.54) is 6.07 Å². The summed E-state index contributed by atoms with van der Waals surface area (Å²) in [5, 5.41) is 3.00. The topological polar surface area (TPSA) is 50.7 Å². The molecule has 0 aliphatic rings. The SMILES string of the molecule is CNc1nc(-c2ccc(C)c(F)c2)cc2nccnc12. The van der Waals surface area contributed by atoms with Crippen molar-refractivity contribution in [2.24, 2.45) is 0 Å². The highest BCUT2D eigenvalue weighted by atomic mass is 19.1. The molecule has 1 N–H and O–H groups in total. The molecule has 0 radical (unpaired) electrons. The van der Waals surface area contributed by atoms with Gasteiger partial charge in [0, 0.05) is 25.0 Å². The molecule has 1 aromatic carbocycles. The first-order valence-electron chi connectivity index (χ1n) is 6.25. The van der Waals surface area contributed by atoms with Crippen LogP contribution in [-0.2, 0) is 0 Å². The van der Waals surface area contributed by atoms with Crippen molar-refractivity contribution in [2.45, 2.75) is 6.92 Å². The minimum Gasteiger partial charge on any atom is -0.371 e. The summed E-state index contributed by atoms with van der Waals surface area (Å²) < 4.78 is 13.7. The first-order valence-corrected chi connectivity index (χ1v) is 6.25. The molecule has 5 heteroatoms. The van der Waals surface area contributed by atoms with Crippen molar-refractivity contribution in [3.8, 4) is 11.3 Å². The fourth-order valence-electron chi connectivity index (χ4n) is 2.05. The highest BCUT2D eigenvalue weighted by Crippen LogP contribution is 2.26. The molecule has 3 aromatic rings. The van der Waals surface area contributed by atoms with Crippen LogP contribution in [-0.4, -0.2) is 22.0 Å². The molecular formula is C15H13FN4. The Morgan fingerprint density at radius 1 is 1.10 bits per heavy atom. The number of aromatic nitrogens is 3. The van der Waals surface area contributed by atoms with Crippen molar-refractivity contribution < 1.29 is 4.39 Å². The minimum absolute atomic E-state index is 0.241. The number of anilines is 1. The second kappa shape index (κ2) is 4.85. The van der Waals surface area contributed by atoms with Gasteiger partial charge in [0.1, 0.15) is 11.3 Å². The lowest BCUT2D eigenvalue weighted by Crippen LogP contribution is -1.98. The Kier molecular flexibility index (Phi) is 3.02. The third-order valence-electron chi connectivity index (χ3n) is 3.16. The largest absolute Gasteiger partial charge is 0.371 e. The number of aryl methyl sites for hydroxylation is 1. The summed E-state index contributed by atoms with van der Waals surface area (Å²) in [6.07, 6.45) is 3.25. The molecule has 2 aromatic heterocycles. The van der Waals surface area contributed by atoms with E-state index in [9.17, 15) is 4.39 Å². The van der Waals surface area contributed by atoms with Crippen LogP contribution in [0.4, 0.5) is 10.2 Å². The van der Waals surface area contributed by atoms with Crippen molar-refractivity contribution >= 4 is 16.9 Å². The van der Waals surface area contributed by atoms with Crippen molar-refractivity contribution in [3.05, 3.63) is 48.0 Å². The summed E-state index contributed by atoms with van der Waals surface area (Å²) in [6, 6.07) is 6.89. The van der Waals surface area contributed by atoms with Gasteiger partial charge in [-0.1, -0.05) is 12.1 Å². The molecule has 0 fully saturated rings. The van der Waals surface area contributed by atoms with Crippen LogP contribution in [0, 0.1) is 12.7 Å². The Labute approximate surface area is 115 Å². The second-order valence-corrected chi connectivity index (χ2v) is 4.49. The number of halogens is 1. The predicted molar refractivity (Wildman–Crippen MR) is 77.0 cm³/mol. The highest BCUT2D eigenvalue weighted by molar-refractivity contribution is 5.88. The van der Waals surface area contributed by atoms with Crippen molar-refractivity contribution in [2.75, 3.05) is 12.4 Å². The van der Waals surface area contributed by atoms with E-state index < -0.39 is 0 Å². The Balaban J connectivity index is 2.23. The molecule has 0 saturated heterocycles. The van der Waals surface area contributed by atoms with Gasteiger partial charge in [0.15, 0.2) is 5.82 Å². The van der Waals surface area contributed by atoms with E-state index in [1.54, 1.807) is 32.4 Å². The normalized spacial score (nSPS) is 10.8. The average Bonchev–Trinajstić information content (AvgIpc) is 2.49. The molecule has 0 bridgehead atoms. The number of rotatable bonds is 2. The molecule has 0 saturated carbocycles. The Morgan fingerprint density at radius 3 is 2.65 bits per heavy atom. The van der Waals surface area contributed by atoms with Crippen LogP contribution < -0.4 is 5.32 Å². The van der Waals surface area contributed by atoms with Crippen molar-refractivity contribution in [3.63, 3.8) is 0 Å². The summed E-state index contributed by atoms with van der Waals surface area (Å²) >= 11 is 0. The van der Waals surface area contributed by atoms with Gasteiger partial charge in [-0.25, -0.2) is 14.4 Å². The van der Waals surface area contributed by atoms with Crippen LogP contribution >= 0.6 is 0 Å². The molecule has 0 aliphatic heterocycles. The summed E-state index contributed by atoms with van der Waals surface area (Å²) in [7, 11) is 1.77. The van der Waals surface area contributed by atoms with Gasteiger partial charge in [0.05, 0.1) is 11.2 Å². The van der Waals surface area contributed by atoms with Gasteiger partial charge >= 0.3 is 0 Å². The maximum atomic E-state index is 13.7. The second-order valence-electron chi connectivity index (χ2n) is 4.49. The minimum atomic E-state index is -0.241. The van der Waals surface area contributed by atoms with E-state index in [0.717, 1.165) is 11.1 Å². The van der Waals surface area contributed by atoms with Crippen LogP contribution in [0.25, 0.3) is 22.3 Å². The van der Waals surface area contributed by atoms with E-state index in [-0.39, 0.29) is 5.82 Å². The standard InChI is InChI=1S/C15H13FN4/c1-9-3-4-10(7-11(9)16)12-8-13-14(15(17-2)20-12)19-6-5-18-13/h3-8H,1-2H3,(H,17,20). The molecule has 0 aliphatic carbocycles. The Hall–Kier alpha value is -2.56. The zero-order valence-corrected chi connectivity index (χ0v) is 11.2. The first-order chi connectivity index (χ1) is 9.69. The maximum Gasteiger partial charge on any atom is 0.154 e. The van der Waals surface area contributed by atoms with Crippen molar-refractivity contribution in [1.29, 1.82) is 0 Å². The monoisotopic (exact) mass is 268 g/mol. The lowest BCUT2D eigenvalue weighted by molar-refractivity contribution is 0.619. The summed E-state index contributed by atoms with van der Waals surface area (Å²) in [4.78, 5) is 13.0. The van der Waals surface area contributed by atoms with Gasteiger partial charge in [0.2, 0.25) is 0 Å². The molecule has 0 amide bonds. The van der Waals surface area contributed by atoms with E-state index in [0.29, 0.717) is 22.6 Å². The smallest absolute Gasteiger partial charge is 0.154 e. The number of benzene rings is 1. The van der Waals surface area contributed by atoms with Gasteiger partial charge in [0.25, 0.3) is 0 Å². The summed E-state index contributed by atoms with van der Waals surface area (Å²) in [5.74, 6) is 0.390. The zero-order chi connectivity index (χ0) is 14.1. The molecule has 0 atom stereocenters.